The van der Waals surface area contributed by atoms with E-state index in [1.54, 1.807) is 20.8 Å². The summed E-state index contributed by atoms with van der Waals surface area (Å²) in [6.45, 7) is 6.38. The summed E-state index contributed by atoms with van der Waals surface area (Å²) in [4.78, 5) is 34.7. The standard InChI is InChI=1S/C11H16N4O4S/c1-6(16)14-15-9(18)7(12-13-10(15)20)5-8(17)19-11(2,3)4/h5H2,1-4H3,(H,13,20)(H,14,16). The van der Waals surface area contributed by atoms with Crippen LogP contribution in [0.3, 0.4) is 0 Å². The first-order valence-electron chi connectivity index (χ1n) is 5.80. The van der Waals surface area contributed by atoms with Gasteiger partial charge in [-0.05, 0) is 33.0 Å². The summed E-state index contributed by atoms with van der Waals surface area (Å²) in [6.07, 6.45) is -0.318. The number of aromatic amines is 1. The summed E-state index contributed by atoms with van der Waals surface area (Å²) in [5.74, 6) is -1.07. The van der Waals surface area contributed by atoms with Gasteiger partial charge in [0.2, 0.25) is 10.7 Å². The topological polar surface area (TPSA) is 106 Å². The normalized spacial score (nSPS) is 11.0. The Hall–Kier alpha value is -2.03. The predicted molar refractivity (Wildman–Crippen MR) is 73.3 cm³/mol. The van der Waals surface area contributed by atoms with E-state index in [0.29, 0.717) is 0 Å². The number of H-pyrrole nitrogens is 1. The molecule has 8 nitrogen and oxygen atoms in total. The second-order valence-corrected chi connectivity index (χ2v) is 5.43. The van der Waals surface area contributed by atoms with Gasteiger partial charge in [-0.2, -0.15) is 9.77 Å². The fourth-order valence-corrected chi connectivity index (χ4v) is 1.50. The Labute approximate surface area is 120 Å². The van der Waals surface area contributed by atoms with Crippen molar-refractivity contribution in [3.8, 4) is 0 Å². The van der Waals surface area contributed by atoms with Crippen LogP contribution < -0.4 is 11.0 Å². The average Bonchev–Trinajstić information content (AvgIpc) is 2.25. The number of nitrogens with zero attached hydrogens (tertiary/aromatic N) is 2. The minimum Gasteiger partial charge on any atom is -0.460 e. The second-order valence-electron chi connectivity index (χ2n) is 5.05. The molecule has 0 spiro atoms. The van der Waals surface area contributed by atoms with Gasteiger partial charge < -0.3 is 4.74 Å². The number of carbonyl (C=O) groups is 2. The molecule has 0 bridgehead atoms. The molecule has 0 saturated carbocycles. The van der Waals surface area contributed by atoms with Gasteiger partial charge in [-0.25, -0.2) is 0 Å². The van der Waals surface area contributed by atoms with Crippen LogP contribution in [0.1, 0.15) is 33.4 Å². The first kappa shape index (κ1) is 16.0. The molecule has 0 saturated heterocycles. The highest BCUT2D eigenvalue weighted by atomic mass is 32.1. The highest BCUT2D eigenvalue weighted by Gasteiger charge is 2.19. The summed E-state index contributed by atoms with van der Waals surface area (Å²) in [5.41, 5.74) is 0.816. The first-order valence-corrected chi connectivity index (χ1v) is 6.21. The molecular formula is C11H16N4O4S. The molecule has 0 aliphatic rings. The summed E-state index contributed by atoms with van der Waals surface area (Å²) >= 11 is 4.83. The Morgan fingerprint density at radius 1 is 1.45 bits per heavy atom. The zero-order valence-electron chi connectivity index (χ0n) is 11.6. The molecule has 1 amide bonds. The van der Waals surface area contributed by atoms with Crippen molar-refractivity contribution in [1.29, 1.82) is 0 Å². The Kier molecular flexibility index (Phi) is 4.77. The maximum atomic E-state index is 12.0. The van der Waals surface area contributed by atoms with Crippen molar-refractivity contribution >= 4 is 24.1 Å². The molecule has 1 aromatic heterocycles. The van der Waals surface area contributed by atoms with Gasteiger partial charge in [0.15, 0.2) is 0 Å². The molecular weight excluding hydrogens is 284 g/mol. The molecule has 0 aromatic carbocycles. The SMILES string of the molecule is CC(=O)Nn1c(=S)[nH]nc(CC(=O)OC(C)(C)C)c1=O. The second kappa shape index (κ2) is 5.95. The van der Waals surface area contributed by atoms with Crippen LogP contribution in [-0.4, -0.2) is 32.4 Å². The number of nitrogens with one attached hydrogen (secondary N) is 2. The molecule has 0 unspecified atom stereocenters. The minimum atomic E-state index is -0.671. The van der Waals surface area contributed by atoms with Crippen LogP contribution >= 0.6 is 12.2 Å². The van der Waals surface area contributed by atoms with E-state index in [9.17, 15) is 14.4 Å². The molecule has 20 heavy (non-hydrogen) atoms. The Balaban J connectivity index is 3.04. The lowest BCUT2D eigenvalue weighted by Crippen LogP contribution is -2.37. The average molecular weight is 300 g/mol. The zero-order chi connectivity index (χ0) is 15.5. The largest absolute Gasteiger partial charge is 0.460 e. The monoisotopic (exact) mass is 300 g/mol. The zero-order valence-corrected chi connectivity index (χ0v) is 12.5. The smallest absolute Gasteiger partial charge is 0.312 e. The van der Waals surface area contributed by atoms with Crippen LogP contribution in [0.15, 0.2) is 4.79 Å². The molecule has 2 N–H and O–H groups in total. The van der Waals surface area contributed by atoms with Crippen LogP contribution in [0.4, 0.5) is 0 Å². The number of esters is 1. The van der Waals surface area contributed by atoms with E-state index in [4.69, 9.17) is 17.0 Å². The quantitative estimate of drug-likeness (QED) is 0.613. The molecule has 1 heterocycles. The molecule has 1 aromatic rings. The van der Waals surface area contributed by atoms with Crippen LogP contribution in [0, 0.1) is 4.77 Å². The van der Waals surface area contributed by atoms with Crippen LogP contribution in [-0.2, 0) is 20.7 Å². The van der Waals surface area contributed by atoms with Crippen molar-refractivity contribution in [2.24, 2.45) is 0 Å². The van der Waals surface area contributed by atoms with Gasteiger partial charge in [0.25, 0.3) is 5.56 Å². The van der Waals surface area contributed by atoms with Crippen molar-refractivity contribution < 1.29 is 14.3 Å². The van der Waals surface area contributed by atoms with Gasteiger partial charge in [-0.15, -0.1) is 0 Å². The minimum absolute atomic E-state index is 0.0712. The number of hydrogen-bond donors (Lipinski definition) is 2. The Morgan fingerprint density at radius 2 is 2.05 bits per heavy atom. The maximum Gasteiger partial charge on any atom is 0.312 e. The van der Waals surface area contributed by atoms with Crippen molar-refractivity contribution in [1.82, 2.24) is 14.9 Å². The van der Waals surface area contributed by atoms with Crippen LogP contribution in [0.2, 0.25) is 0 Å². The molecule has 0 radical (unpaired) electrons. The number of hydrogen-bond acceptors (Lipinski definition) is 6. The van der Waals surface area contributed by atoms with E-state index < -0.39 is 23.0 Å². The van der Waals surface area contributed by atoms with E-state index in [1.165, 1.54) is 6.92 Å². The molecule has 110 valence electrons. The Morgan fingerprint density at radius 3 is 2.55 bits per heavy atom. The van der Waals surface area contributed by atoms with Crippen molar-refractivity contribution in [3.05, 3.63) is 20.8 Å². The number of rotatable bonds is 3. The van der Waals surface area contributed by atoms with Gasteiger partial charge >= 0.3 is 5.97 Å². The lowest BCUT2D eigenvalue weighted by atomic mass is 10.2. The molecule has 0 aliphatic carbocycles. The summed E-state index contributed by atoms with van der Waals surface area (Å²) in [6, 6.07) is 0. The van der Waals surface area contributed by atoms with Crippen LogP contribution in [0.25, 0.3) is 0 Å². The molecule has 0 fully saturated rings. The fourth-order valence-electron chi connectivity index (χ4n) is 1.32. The molecule has 9 heteroatoms. The highest BCUT2D eigenvalue weighted by molar-refractivity contribution is 7.71. The Bertz CT molecular complexity index is 641. The van der Waals surface area contributed by atoms with Gasteiger partial charge in [0, 0.05) is 6.92 Å². The molecule has 0 aliphatic heterocycles. The lowest BCUT2D eigenvalue weighted by molar-refractivity contribution is -0.154. The van der Waals surface area contributed by atoms with Crippen molar-refractivity contribution in [2.75, 3.05) is 5.43 Å². The summed E-state index contributed by atoms with van der Waals surface area (Å²) < 4.78 is 5.85. The van der Waals surface area contributed by atoms with Crippen molar-refractivity contribution in [2.45, 2.75) is 39.7 Å². The third kappa shape index (κ3) is 4.57. The third-order valence-electron chi connectivity index (χ3n) is 1.94. The summed E-state index contributed by atoms with van der Waals surface area (Å²) in [7, 11) is 0. The molecule has 0 atom stereocenters. The number of carbonyl (C=O) groups excluding carboxylic acids is 2. The predicted octanol–water partition coefficient (Wildman–Crippen LogP) is 0.275. The number of aromatic nitrogens is 3. The van der Waals surface area contributed by atoms with Gasteiger partial charge in [-0.1, -0.05) is 0 Å². The first-order chi connectivity index (χ1) is 9.10. The van der Waals surface area contributed by atoms with Gasteiger partial charge in [0.1, 0.15) is 11.3 Å². The highest BCUT2D eigenvalue weighted by Crippen LogP contribution is 2.07. The van der Waals surface area contributed by atoms with E-state index in [2.05, 4.69) is 15.6 Å². The van der Waals surface area contributed by atoms with Gasteiger partial charge in [-0.3, -0.25) is 24.9 Å². The summed E-state index contributed by atoms with van der Waals surface area (Å²) in [5, 5.41) is 6.09. The third-order valence-corrected chi connectivity index (χ3v) is 2.21. The molecule has 1 rings (SSSR count). The van der Waals surface area contributed by atoms with E-state index >= 15 is 0 Å². The number of ether oxygens (including phenoxy) is 1. The number of amides is 1. The van der Waals surface area contributed by atoms with Crippen molar-refractivity contribution in [3.63, 3.8) is 0 Å². The van der Waals surface area contributed by atoms with E-state index in [-0.39, 0.29) is 16.9 Å². The maximum absolute atomic E-state index is 12.0. The fraction of sp³-hybridized carbons (Fsp3) is 0.545. The lowest BCUT2D eigenvalue weighted by Gasteiger charge is -2.19. The van der Waals surface area contributed by atoms with Crippen LogP contribution in [0.5, 0.6) is 0 Å². The van der Waals surface area contributed by atoms with Gasteiger partial charge in [0.05, 0.1) is 6.42 Å². The van der Waals surface area contributed by atoms with E-state index in [1.807, 2.05) is 0 Å². The van der Waals surface area contributed by atoms with E-state index in [0.717, 1.165) is 4.68 Å².